The Hall–Kier alpha value is -0.160. The number of ether oxygens (including phenoxy) is 1. The zero-order valence-corrected chi connectivity index (χ0v) is 7.44. The third-order valence-corrected chi connectivity index (χ3v) is 1.71. The fourth-order valence-electron chi connectivity index (χ4n) is 0.900. The van der Waals surface area contributed by atoms with Crippen molar-refractivity contribution in [3.05, 3.63) is 0 Å². The molecule has 0 radical (unpaired) electrons. The number of hydrogen-bond acceptors (Lipinski definition) is 4. The van der Waals surface area contributed by atoms with Crippen LogP contribution in [0, 0.1) is 5.92 Å². The Morgan fingerprint density at radius 3 is 2.00 bits per heavy atom. The lowest BCUT2D eigenvalue weighted by Gasteiger charge is -2.21. The van der Waals surface area contributed by atoms with Crippen LogP contribution >= 0.6 is 0 Å². The fourth-order valence-corrected chi connectivity index (χ4v) is 0.900. The molecule has 0 rings (SSSR count). The van der Waals surface area contributed by atoms with E-state index in [4.69, 9.17) is 20.1 Å². The van der Waals surface area contributed by atoms with Crippen molar-refractivity contribution in [2.24, 2.45) is 5.92 Å². The van der Waals surface area contributed by atoms with E-state index in [0.717, 1.165) is 6.42 Å². The molecule has 3 N–H and O–H groups in total. The SMILES string of the molecule is CCCOC(CO)C(CO)CO. The summed E-state index contributed by atoms with van der Waals surface area (Å²) in [5.74, 6) is -0.374. The van der Waals surface area contributed by atoms with Crippen LogP contribution in [-0.2, 0) is 4.74 Å². The van der Waals surface area contributed by atoms with Crippen LogP contribution in [0.1, 0.15) is 13.3 Å². The molecule has 0 aromatic heterocycles. The predicted molar refractivity (Wildman–Crippen MR) is 44.8 cm³/mol. The molecule has 0 aliphatic rings. The average molecular weight is 178 g/mol. The molecule has 0 heterocycles. The van der Waals surface area contributed by atoms with Gasteiger partial charge in [-0.15, -0.1) is 0 Å². The predicted octanol–water partition coefficient (Wildman–Crippen LogP) is -0.625. The van der Waals surface area contributed by atoms with Gasteiger partial charge in [0.05, 0.1) is 25.9 Å². The van der Waals surface area contributed by atoms with Crippen LogP contribution in [0.5, 0.6) is 0 Å². The molecule has 0 saturated carbocycles. The van der Waals surface area contributed by atoms with E-state index in [1.54, 1.807) is 0 Å². The van der Waals surface area contributed by atoms with Crippen molar-refractivity contribution >= 4 is 0 Å². The molecule has 0 fully saturated rings. The Bertz CT molecular complexity index is 93.1. The second-order valence-electron chi connectivity index (χ2n) is 2.72. The Morgan fingerprint density at radius 2 is 1.67 bits per heavy atom. The first kappa shape index (κ1) is 11.8. The Labute approximate surface area is 72.8 Å². The second-order valence-corrected chi connectivity index (χ2v) is 2.72. The average Bonchev–Trinajstić information content (AvgIpc) is 2.12. The molecule has 0 saturated heterocycles. The molecule has 4 nitrogen and oxygen atoms in total. The van der Waals surface area contributed by atoms with Gasteiger partial charge in [0.25, 0.3) is 0 Å². The van der Waals surface area contributed by atoms with Gasteiger partial charge in [-0.05, 0) is 6.42 Å². The monoisotopic (exact) mass is 178 g/mol. The first-order valence-corrected chi connectivity index (χ1v) is 4.24. The summed E-state index contributed by atoms with van der Waals surface area (Å²) in [7, 11) is 0. The summed E-state index contributed by atoms with van der Waals surface area (Å²) in [6.07, 6.45) is 0.417. The number of aliphatic hydroxyl groups excluding tert-OH is 3. The molecule has 0 aliphatic heterocycles. The summed E-state index contributed by atoms with van der Waals surface area (Å²) < 4.78 is 5.21. The van der Waals surface area contributed by atoms with E-state index in [9.17, 15) is 0 Å². The lowest BCUT2D eigenvalue weighted by atomic mass is 10.1. The molecular formula is C8H18O4. The first-order valence-electron chi connectivity index (χ1n) is 4.24. The molecule has 1 atom stereocenters. The van der Waals surface area contributed by atoms with Crippen LogP contribution in [0.15, 0.2) is 0 Å². The largest absolute Gasteiger partial charge is 0.396 e. The van der Waals surface area contributed by atoms with Gasteiger partial charge in [0.15, 0.2) is 0 Å². The lowest BCUT2D eigenvalue weighted by molar-refractivity contribution is -0.0521. The molecule has 4 heteroatoms. The van der Waals surface area contributed by atoms with Crippen molar-refractivity contribution in [3.63, 3.8) is 0 Å². The molecule has 0 aromatic rings. The lowest BCUT2D eigenvalue weighted by Crippen LogP contribution is -2.33. The summed E-state index contributed by atoms with van der Waals surface area (Å²) in [5, 5.41) is 26.4. The van der Waals surface area contributed by atoms with Gasteiger partial charge < -0.3 is 20.1 Å². The van der Waals surface area contributed by atoms with E-state index in [2.05, 4.69) is 0 Å². The maximum atomic E-state index is 8.84. The van der Waals surface area contributed by atoms with Crippen molar-refractivity contribution in [1.82, 2.24) is 0 Å². The van der Waals surface area contributed by atoms with Gasteiger partial charge in [-0.2, -0.15) is 0 Å². The summed E-state index contributed by atoms with van der Waals surface area (Å²) in [6, 6.07) is 0. The van der Waals surface area contributed by atoms with Crippen molar-refractivity contribution in [1.29, 1.82) is 0 Å². The van der Waals surface area contributed by atoms with Crippen molar-refractivity contribution < 1.29 is 20.1 Å². The summed E-state index contributed by atoms with van der Waals surface area (Å²) >= 11 is 0. The molecule has 1 unspecified atom stereocenters. The highest BCUT2D eigenvalue weighted by Gasteiger charge is 2.19. The van der Waals surface area contributed by atoms with Crippen LogP contribution < -0.4 is 0 Å². The van der Waals surface area contributed by atoms with E-state index in [-0.39, 0.29) is 25.7 Å². The van der Waals surface area contributed by atoms with Crippen molar-refractivity contribution in [2.45, 2.75) is 19.4 Å². The maximum Gasteiger partial charge on any atom is 0.0877 e. The summed E-state index contributed by atoms with van der Waals surface area (Å²) in [6.45, 7) is 2.02. The Kier molecular flexibility index (Phi) is 7.39. The summed E-state index contributed by atoms with van der Waals surface area (Å²) in [4.78, 5) is 0. The van der Waals surface area contributed by atoms with Gasteiger partial charge in [-0.1, -0.05) is 6.92 Å². The molecule has 12 heavy (non-hydrogen) atoms. The zero-order chi connectivity index (χ0) is 9.40. The van der Waals surface area contributed by atoms with Gasteiger partial charge in [-0.3, -0.25) is 0 Å². The normalized spacial score (nSPS) is 13.8. The minimum atomic E-state index is -0.444. The van der Waals surface area contributed by atoms with Crippen LogP contribution in [0.3, 0.4) is 0 Å². The first-order chi connectivity index (χ1) is 5.79. The third-order valence-electron chi connectivity index (χ3n) is 1.71. The van der Waals surface area contributed by atoms with Crippen LogP contribution in [0.25, 0.3) is 0 Å². The van der Waals surface area contributed by atoms with E-state index < -0.39 is 6.10 Å². The van der Waals surface area contributed by atoms with Gasteiger partial charge >= 0.3 is 0 Å². The van der Waals surface area contributed by atoms with E-state index in [1.807, 2.05) is 6.92 Å². The quantitative estimate of drug-likeness (QED) is 0.485. The minimum Gasteiger partial charge on any atom is -0.396 e. The molecular weight excluding hydrogens is 160 g/mol. The van der Waals surface area contributed by atoms with Crippen molar-refractivity contribution in [2.75, 3.05) is 26.4 Å². The second kappa shape index (κ2) is 7.49. The number of hydrogen-bond donors (Lipinski definition) is 3. The highest BCUT2D eigenvalue weighted by atomic mass is 16.5. The Morgan fingerprint density at radius 1 is 1.08 bits per heavy atom. The molecule has 0 aliphatic carbocycles. The third kappa shape index (κ3) is 4.01. The van der Waals surface area contributed by atoms with Gasteiger partial charge in [0.1, 0.15) is 0 Å². The highest BCUT2D eigenvalue weighted by Crippen LogP contribution is 2.06. The van der Waals surface area contributed by atoms with Gasteiger partial charge in [-0.25, -0.2) is 0 Å². The zero-order valence-electron chi connectivity index (χ0n) is 7.44. The van der Waals surface area contributed by atoms with Crippen LogP contribution in [-0.4, -0.2) is 47.9 Å². The summed E-state index contributed by atoms with van der Waals surface area (Å²) in [5.41, 5.74) is 0. The van der Waals surface area contributed by atoms with Crippen molar-refractivity contribution in [3.8, 4) is 0 Å². The minimum absolute atomic E-state index is 0.161. The maximum absolute atomic E-state index is 8.84. The smallest absolute Gasteiger partial charge is 0.0877 e. The molecule has 0 amide bonds. The van der Waals surface area contributed by atoms with E-state index >= 15 is 0 Å². The van der Waals surface area contributed by atoms with Gasteiger partial charge in [0, 0.05) is 12.5 Å². The molecule has 0 spiro atoms. The molecule has 74 valence electrons. The van der Waals surface area contributed by atoms with Crippen LogP contribution in [0.4, 0.5) is 0 Å². The topological polar surface area (TPSA) is 69.9 Å². The highest BCUT2D eigenvalue weighted by molar-refractivity contribution is 4.67. The Balaban J connectivity index is 3.75. The van der Waals surface area contributed by atoms with Gasteiger partial charge in [0.2, 0.25) is 0 Å². The molecule has 0 aromatic carbocycles. The standard InChI is InChI=1S/C8H18O4/c1-2-3-12-8(6-11)7(4-9)5-10/h7-11H,2-6H2,1H3. The van der Waals surface area contributed by atoms with E-state index in [1.165, 1.54) is 0 Å². The number of aliphatic hydroxyl groups is 3. The number of rotatable bonds is 7. The van der Waals surface area contributed by atoms with Crippen LogP contribution in [0.2, 0.25) is 0 Å². The van der Waals surface area contributed by atoms with E-state index in [0.29, 0.717) is 6.61 Å². The molecule has 0 bridgehead atoms. The fraction of sp³-hybridized carbons (Fsp3) is 1.00.